The van der Waals surface area contributed by atoms with Crippen LogP contribution in [0.25, 0.3) is 21.7 Å². The van der Waals surface area contributed by atoms with E-state index >= 15 is 0 Å². The van der Waals surface area contributed by atoms with Crippen molar-refractivity contribution in [1.29, 1.82) is 0 Å². The van der Waals surface area contributed by atoms with E-state index < -0.39 is 0 Å². The van der Waals surface area contributed by atoms with Crippen molar-refractivity contribution in [3.8, 4) is 10.7 Å². The molecule has 6 heteroatoms. The molecule has 0 saturated carbocycles. The number of carbonyl (C=O) groups is 1. The lowest BCUT2D eigenvalue weighted by Gasteiger charge is -2.10. The smallest absolute Gasteiger partial charge is 0.244 e. The van der Waals surface area contributed by atoms with Crippen molar-refractivity contribution >= 4 is 34.0 Å². The molecule has 0 aliphatic carbocycles. The zero-order chi connectivity index (χ0) is 18.1. The Bertz CT molecular complexity index is 1060. The molecule has 130 valence electrons. The van der Waals surface area contributed by atoms with Crippen LogP contribution in [-0.2, 0) is 11.3 Å². The lowest BCUT2D eigenvalue weighted by Crippen LogP contribution is -2.19. The highest BCUT2D eigenvalue weighted by molar-refractivity contribution is 7.13. The summed E-state index contributed by atoms with van der Waals surface area (Å²) < 4.78 is 1.95. The number of hydrogen-bond donors (Lipinski definition) is 1. The van der Waals surface area contributed by atoms with Gasteiger partial charge >= 0.3 is 0 Å². The first-order chi connectivity index (χ1) is 12.6. The van der Waals surface area contributed by atoms with Gasteiger partial charge in [-0.2, -0.15) is 0 Å². The minimum atomic E-state index is -0.0797. The number of amides is 1. The first kappa shape index (κ1) is 16.5. The van der Waals surface area contributed by atoms with Crippen molar-refractivity contribution in [2.75, 3.05) is 5.32 Å². The number of nitrogens with one attached hydrogen (secondary N) is 1. The van der Waals surface area contributed by atoms with E-state index in [4.69, 9.17) is 4.98 Å². The first-order valence-electron chi connectivity index (χ1n) is 8.32. The van der Waals surface area contributed by atoms with Crippen LogP contribution in [0.5, 0.6) is 0 Å². The van der Waals surface area contributed by atoms with Crippen LogP contribution in [0.15, 0.2) is 54.2 Å². The summed E-state index contributed by atoms with van der Waals surface area (Å²) in [6, 6.07) is 13.9. The highest BCUT2D eigenvalue weighted by Crippen LogP contribution is 2.27. The summed E-state index contributed by atoms with van der Waals surface area (Å²) in [5.41, 5.74) is 6.64. The molecule has 1 amide bonds. The van der Waals surface area contributed by atoms with Gasteiger partial charge < -0.3 is 9.88 Å². The maximum absolute atomic E-state index is 12.7. The molecule has 5 nitrogen and oxygen atoms in total. The molecule has 0 radical (unpaired) electrons. The Kier molecular flexibility index (Phi) is 4.26. The molecule has 1 N–H and O–H groups in total. The van der Waals surface area contributed by atoms with Gasteiger partial charge in [-0.3, -0.25) is 9.78 Å². The third kappa shape index (κ3) is 3.23. The number of hydrogen-bond acceptors (Lipinski definition) is 4. The fraction of sp³-hybridized carbons (Fsp3) is 0.150. The summed E-state index contributed by atoms with van der Waals surface area (Å²) >= 11 is 1.51. The number of carbonyl (C=O) groups excluding carboxylic acids is 1. The summed E-state index contributed by atoms with van der Waals surface area (Å²) in [5, 5.41) is 3.00. The van der Waals surface area contributed by atoms with E-state index in [0.717, 1.165) is 38.5 Å². The Balaban J connectivity index is 1.68. The fourth-order valence-corrected chi connectivity index (χ4v) is 3.76. The van der Waals surface area contributed by atoms with E-state index in [9.17, 15) is 4.79 Å². The normalized spacial score (nSPS) is 11.0. The average Bonchev–Trinajstić information content (AvgIpc) is 3.22. The van der Waals surface area contributed by atoms with Gasteiger partial charge in [0.2, 0.25) is 5.91 Å². The maximum Gasteiger partial charge on any atom is 0.244 e. The van der Waals surface area contributed by atoms with Crippen LogP contribution in [-0.4, -0.2) is 20.4 Å². The SMILES string of the molecule is Cc1cc(C)cc(NC(=O)Cn2c(-c3cncs3)nc3ccccc32)c1. The highest BCUT2D eigenvalue weighted by atomic mass is 32.1. The van der Waals surface area contributed by atoms with Crippen molar-refractivity contribution < 1.29 is 4.79 Å². The van der Waals surface area contributed by atoms with Crippen LogP contribution in [0.3, 0.4) is 0 Å². The molecule has 0 aliphatic rings. The minimum Gasteiger partial charge on any atom is -0.325 e. The molecule has 0 saturated heterocycles. The Morgan fingerprint density at radius 1 is 1.15 bits per heavy atom. The van der Waals surface area contributed by atoms with Gasteiger partial charge in [0.25, 0.3) is 0 Å². The van der Waals surface area contributed by atoms with Crippen LogP contribution in [0, 0.1) is 13.8 Å². The van der Waals surface area contributed by atoms with Gasteiger partial charge in [-0.25, -0.2) is 4.98 Å². The summed E-state index contributed by atoms with van der Waals surface area (Å²) in [6.07, 6.45) is 1.78. The lowest BCUT2D eigenvalue weighted by atomic mass is 10.1. The van der Waals surface area contributed by atoms with Crippen LogP contribution >= 0.6 is 11.3 Å². The molecular weight excluding hydrogens is 344 g/mol. The molecule has 0 bridgehead atoms. The highest BCUT2D eigenvalue weighted by Gasteiger charge is 2.16. The van der Waals surface area contributed by atoms with Gasteiger partial charge in [-0.1, -0.05) is 18.2 Å². The van der Waals surface area contributed by atoms with Gasteiger partial charge in [0, 0.05) is 11.9 Å². The second-order valence-electron chi connectivity index (χ2n) is 6.30. The summed E-state index contributed by atoms with van der Waals surface area (Å²) in [6.45, 7) is 4.24. The topological polar surface area (TPSA) is 59.8 Å². The Morgan fingerprint density at radius 2 is 1.92 bits per heavy atom. The maximum atomic E-state index is 12.7. The summed E-state index contributed by atoms with van der Waals surface area (Å²) in [5.74, 6) is 0.688. The van der Waals surface area contributed by atoms with Crippen LogP contribution in [0.1, 0.15) is 11.1 Å². The van der Waals surface area contributed by atoms with Crippen molar-refractivity contribution in [1.82, 2.24) is 14.5 Å². The zero-order valence-corrected chi connectivity index (χ0v) is 15.4. The van der Waals surface area contributed by atoms with E-state index in [-0.39, 0.29) is 12.5 Å². The number of imidazole rings is 1. The van der Waals surface area contributed by atoms with Gasteiger partial charge in [0.05, 0.1) is 21.4 Å². The number of nitrogens with zero attached hydrogens (tertiary/aromatic N) is 3. The number of aryl methyl sites for hydroxylation is 2. The molecule has 2 heterocycles. The van der Waals surface area contributed by atoms with Crippen molar-refractivity contribution in [2.24, 2.45) is 0 Å². The monoisotopic (exact) mass is 362 g/mol. The number of rotatable bonds is 4. The third-order valence-electron chi connectivity index (χ3n) is 4.11. The van der Waals surface area contributed by atoms with Crippen molar-refractivity contribution in [3.05, 3.63) is 65.3 Å². The molecule has 0 atom stereocenters. The van der Waals surface area contributed by atoms with E-state index in [0.29, 0.717) is 0 Å². The number of benzene rings is 2. The van der Waals surface area contributed by atoms with Gasteiger partial charge in [0.15, 0.2) is 5.82 Å². The largest absolute Gasteiger partial charge is 0.325 e. The molecule has 4 aromatic rings. The van der Waals surface area contributed by atoms with E-state index in [1.165, 1.54) is 11.3 Å². The van der Waals surface area contributed by atoms with Crippen LogP contribution in [0.2, 0.25) is 0 Å². The Morgan fingerprint density at radius 3 is 2.65 bits per heavy atom. The predicted octanol–water partition coefficient (Wildman–Crippen LogP) is 4.42. The summed E-state index contributed by atoms with van der Waals surface area (Å²) in [4.78, 5) is 22.5. The Hall–Kier alpha value is -2.99. The molecule has 0 unspecified atom stereocenters. The van der Waals surface area contributed by atoms with Gasteiger partial charge in [-0.15, -0.1) is 11.3 Å². The number of para-hydroxylation sites is 2. The van der Waals surface area contributed by atoms with Crippen LogP contribution in [0.4, 0.5) is 5.69 Å². The number of aromatic nitrogens is 3. The van der Waals surface area contributed by atoms with E-state index in [1.54, 1.807) is 11.7 Å². The van der Waals surface area contributed by atoms with E-state index in [2.05, 4.69) is 16.4 Å². The van der Waals surface area contributed by atoms with Crippen LogP contribution < -0.4 is 5.32 Å². The molecule has 2 aromatic carbocycles. The predicted molar refractivity (Wildman–Crippen MR) is 105 cm³/mol. The summed E-state index contributed by atoms with van der Waals surface area (Å²) in [7, 11) is 0. The fourth-order valence-electron chi connectivity index (χ4n) is 3.14. The molecular formula is C20H18N4OS. The third-order valence-corrected chi connectivity index (χ3v) is 4.88. The molecule has 26 heavy (non-hydrogen) atoms. The number of thiazole rings is 1. The van der Waals surface area contributed by atoms with Crippen molar-refractivity contribution in [2.45, 2.75) is 20.4 Å². The molecule has 2 aromatic heterocycles. The first-order valence-corrected chi connectivity index (χ1v) is 9.20. The molecule has 4 rings (SSSR count). The quantitative estimate of drug-likeness (QED) is 0.585. The standard InChI is InChI=1S/C20H18N4OS/c1-13-7-14(2)9-15(8-13)22-19(25)11-24-17-6-4-3-5-16(17)23-20(24)18-10-21-12-26-18/h3-10,12H,11H2,1-2H3,(H,22,25). The second-order valence-corrected chi connectivity index (χ2v) is 7.19. The number of fused-ring (bicyclic) bond motifs is 1. The average molecular weight is 362 g/mol. The van der Waals surface area contributed by atoms with Gasteiger partial charge in [0.1, 0.15) is 6.54 Å². The number of anilines is 1. The molecule has 0 spiro atoms. The lowest BCUT2D eigenvalue weighted by molar-refractivity contribution is -0.116. The minimum absolute atomic E-state index is 0.0797. The second kappa shape index (κ2) is 6.72. The Labute approximate surface area is 155 Å². The zero-order valence-electron chi connectivity index (χ0n) is 14.6. The molecule has 0 aliphatic heterocycles. The molecule has 0 fully saturated rings. The van der Waals surface area contributed by atoms with E-state index in [1.807, 2.05) is 54.8 Å². The van der Waals surface area contributed by atoms with Gasteiger partial charge in [-0.05, 0) is 49.2 Å². The van der Waals surface area contributed by atoms with Crippen molar-refractivity contribution in [3.63, 3.8) is 0 Å².